The van der Waals surface area contributed by atoms with Gasteiger partial charge in [-0.3, -0.25) is 0 Å². The molecule has 0 bridgehead atoms. The fourth-order valence-electron chi connectivity index (χ4n) is 3.49. The van der Waals surface area contributed by atoms with Crippen molar-refractivity contribution in [3.8, 4) is 5.75 Å². The van der Waals surface area contributed by atoms with E-state index in [9.17, 15) is 4.39 Å². The smallest absolute Gasteiger partial charge is 0.130 e. The number of hydrogen-bond acceptors (Lipinski definition) is 2. The molecule has 0 aliphatic carbocycles. The highest BCUT2D eigenvalue weighted by Gasteiger charge is 2.35. The van der Waals surface area contributed by atoms with Crippen LogP contribution in [-0.2, 0) is 5.41 Å². The van der Waals surface area contributed by atoms with Crippen LogP contribution in [0.25, 0.3) is 0 Å². The lowest BCUT2D eigenvalue weighted by atomic mass is 9.69. The Labute approximate surface area is 128 Å². The normalized spacial score (nSPS) is 17.7. The molecule has 1 fully saturated rings. The summed E-state index contributed by atoms with van der Waals surface area (Å²) in [5.74, 6) is 0.577. The summed E-state index contributed by atoms with van der Waals surface area (Å²) in [4.78, 5) is 0. The van der Waals surface area contributed by atoms with Crippen LogP contribution in [-0.4, -0.2) is 19.7 Å². The first kappa shape index (κ1) is 16.3. The van der Waals surface area contributed by atoms with Crippen molar-refractivity contribution in [2.45, 2.75) is 58.3 Å². The van der Waals surface area contributed by atoms with Gasteiger partial charge in [-0.15, -0.1) is 0 Å². The maximum atomic E-state index is 14.7. The average molecular weight is 293 g/mol. The summed E-state index contributed by atoms with van der Waals surface area (Å²) in [5, 5.41) is 3.38. The van der Waals surface area contributed by atoms with Gasteiger partial charge < -0.3 is 10.1 Å². The molecule has 0 aromatic heterocycles. The van der Waals surface area contributed by atoms with Crippen LogP contribution in [0, 0.1) is 12.7 Å². The topological polar surface area (TPSA) is 21.3 Å². The van der Waals surface area contributed by atoms with Crippen molar-refractivity contribution in [1.29, 1.82) is 0 Å². The molecule has 0 unspecified atom stereocenters. The van der Waals surface area contributed by atoms with Gasteiger partial charge in [0.1, 0.15) is 11.6 Å². The Hall–Kier alpha value is -1.09. The van der Waals surface area contributed by atoms with Gasteiger partial charge in [0.15, 0.2) is 0 Å². The molecule has 1 aliphatic heterocycles. The standard InChI is InChI=1S/C18H28FNO/c1-4-6-11-21-15-12-14(3)17(16(19)13-15)18(5-2)7-9-20-10-8-18/h12-13,20H,4-11H2,1-3H3. The number of rotatable bonds is 6. The molecular weight excluding hydrogens is 265 g/mol. The predicted molar refractivity (Wildman–Crippen MR) is 85.6 cm³/mol. The van der Waals surface area contributed by atoms with Gasteiger partial charge in [0.2, 0.25) is 0 Å². The highest BCUT2D eigenvalue weighted by molar-refractivity contribution is 5.41. The fraction of sp³-hybridized carbons (Fsp3) is 0.667. The molecule has 0 saturated carbocycles. The number of hydrogen-bond donors (Lipinski definition) is 1. The van der Waals surface area contributed by atoms with E-state index in [2.05, 4.69) is 19.2 Å². The molecule has 118 valence electrons. The summed E-state index contributed by atoms with van der Waals surface area (Å²) in [6.07, 6.45) is 5.11. The number of benzene rings is 1. The van der Waals surface area contributed by atoms with E-state index < -0.39 is 0 Å². The first-order chi connectivity index (χ1) is 10.1. The van der Waals surface area contributed by atoms with Crippen LogP contribution in [0.15, 0.2) is 12.1 Å². The number of unbranched alkanes of at least 4 members (excludes halogenated alkanes) is 1. The molecule has 0 spiro atoms. The van der Waals surface area contributed by atoms with Gasteiger partial charge in [-0.25, -0.2) is 4.39 Å². The Bertz CT molecular complexity index is 443. The molecular formula is C18H28FNO. The number of ether oxygens (including phenoxy) is 1. The van der Waals surface area contributed by atoms with Crippen LogP contribution < -0.4 is 10.1 Å². The van der Waals surface area contributed by atoms with E-state index in [-0.39, 0.29) is 11.2 Å². The van der Waals surface area contributed by atoms with E-state index >= 15 is 0 Å². The van der Waals surface area contributed by atoms with Gasteiger partial charge in [0.05, 0.1) is 6.61 Å². The molecule has 1 aliphatic rings. The van der Waals surface area contributed by atoms with Gasteiger partial charge in [-0.05, 0) is 62.9 Å². The highest BCUT2D eigenvalue weighted by Crippen LogP contribution is 2.41. The Morgan fingerprint density at radius 3 is 2.52 bits per heavy atom. The maximum absolute atomic E-state index is 14.7. The SMILES string of the molecule is CCCCOc1cc(C)c(C2(CC)CCNCC2)c(F)c1. The van der Waals surface area contributed by atoms with Crippen molar-refractivity contribution >= 4 is 0 Å². The molecule has 0 amide bonds. The molecule has 0 atom stereocenters. The number of aryl methyl sites for hydroxylation is 1. The summed E-state index contributed by atoms with van der Waals surface area (Å²) >= 11 is 0. The van der Waals surface area contributed by atoms with Gasteiger partial charge in [-0.2, -0.15) is 0 Å². The van der Waals surface area contributed by atoms with Crippen LogP contribution >= 0.6 is 0 Å². The zero-order valence-electron chi connectivity index (χ0n) is 13.6. The fourth-order valence-corrected chi connectivity index (χ4v) is 3.49. The van der Waals surface area contributed by atoms with E-state index in [4.69, 9.17) is 4.74 Å². The minimum atomic E-state index is -0.0924. The lowest BCUT2D eigenvalue weighted by Gasteiger charge is -2.38. The van der Waals surface area contributed by atoms with Gasteiger partial charge in [0, 0.05) is 11.5 Å². The Kier molecular flexibility index (Phi) is 5.63. The second-order valence-corrected chi connectivity index (χ2v) is 6.18. The quantitative estimate of drug-likeness (QED) is 0.788. The molecule has 2 nitrogen and oxygen atoms in total. The third kappa shape index (κ3) is 3.57. The van der Waals surface area contributed by atoms with Crippen molar-refractivity contribution in [2.75, 3.05) is 19.7 Å². The minimum absolute atomic E-state index is 0.0125. The zero-order valence-corrected chi connectivity index (χ0v) is 13.6. The van der Waals surface area contributed by atoms with Gasteiger partial charge >= 0.3 is 0 Å². The van der Waals surface area contributed by atoms with E-state index in [1.54, 1.807) is 6.07 Å². The molecule has 1 heterocycles. The lowest BCUT2D eigenvalue weighted by Crippen LogP contribution is -2.40. The van der Waals surface area contributed by atoms with Crippen LogP contribution in [0.3, 0.4) is 0 Å². The van der Waals surface area contributed by atoms with E-state index in [1.807, 2.05) is 13.0 Å². The second-order valence-electron chi connectivity index (χ2n) is 6.18. The lowest BCUT2D eigenvalue weighted by molar-refractivity contribution is 0.283. The van der Waals surface area contributed by atoms with E-state index in [1.165, 1.54) is 0 Å². The molecule has 2 rings (SSSR count). The summed E-state index contributed by atoms with van der Waals surface area (Å²) in [5.41, 5.74) is 1.93. The van der Waals surface area contributed by atoms with Crippen molar-refractivity contribution in [1.82, 2.24) is 5.32 Å². The monoisotopic (exact) mass is 293 g/mol. The third-order valence-electron chi connectivity index (χ3n) is 4.80. The third-order valence-corrected chi connectivity index (χ3v) is 4.80. The van der Waals surface area contributed by atoms with E-state index in [0.29, 0.717) is 12.4 Å². The van der Waals surface area contributed by atoms with Crippen LogP contribution in [0.2, 0.25) is 0 Å². The Morgan fingerprint density at radius 2 is 1.95 bits per heavy atom. The average Bonchev–Trinajstić information content (AvgIpc) is 2.48. The molecule has 0 radical (unpaired) electrons. The molecule has 21 heavy (non-hydrogen) atoms. The van der Waals surface area contributed by atoms with Crippen molar-refractivity contribution < 1.29 is 9.13 Å². The zero-order chi connectivity index (χ0) is 15.3. The summed E-state index contributed by atoms with van der Waals surface area (Å²) < 4.78 is 20.4. The molecule has 1 aromatic rings. The molecule has 1 N–H and O–H groups in total. The van der Waals surface area contributed by atoms with E-state index in [0.717, 1.165) is 56.3 Å². The van der Waals surface area contributed by atoms with Gasteiger partial charge in [-0.1, -0.05) is 20.3 Å². The van der Waals surface area contributed by atoms with Crippen LogP contribution in [0.1, 0.15) is 57.1 Å². The first-order valence-electron chi connectivity index (χ1n) is 8.27. The summed E-state index contributed by atoms with van der Waals surface area (Å²) in [6, 6.07) is 3.59. The molecule has 3 heteroatoms. The maximum Gasteiger partial charge on any atom is 0.130 e. The van der Waals surface area contributed by atoms with Crippen LogP contribution in [0.4, 0.5) is 4.39 Å². The Morgan fingerprint density at radius 1 is 1.24 bits per heavy atom. The molecule has 1 saturated heterocycles. The Balaban J connectivity index is 2.27. The first-order valence-corrected chi connectivity index (χ1v) is 8.27. The van der Waals surface area contributed by atoms with Gasteiger partial charge in [0.25, 0.3) is 0 Å². The number of halogens is 1. The number of piperidine rings is 1. The predicted octanol–water partition coefficient (Wildman–Crippen LogP) is 4.34. The molecule has 1 aromatic carbocycles. The minimum Gasteiger partial charge on any atom is -0.493 e. The second kappa shape index (κ2) is 7.26. The highest BCUT2D eigenvalue weighted by atomic mass is 19.1. The largest absolute Gasteiger partial charge is 0.493 e. The number of nitrogens with one attached hydrogen (secondary N) is 1. The van der Waals surface area contributed by atoms with Crippen molar-refractivity contribution in [3.05, 3.63) is 29.1 Å². The van der Waals surface area contributed by atoms with Crippen molar-refractivity contribution in [2.24, 2.45) is 0 Å². The van der Waals surface area contributed by atoms with Crippen molar-refractivity contribution in [3.63, 3.8) is 0 Å². The van der Waals surface area contributed by atoms with Crippen LogP contribution in [0.5, 0.6) is 5.75 Å². The summed E-state index contributed by atoms with van der Waals surface area (Å²) in [6.45, 7) is 8.93. The summed E-state index contributed by atoms with van der Waals surface area (Å²) in [7, 11) is 0.